The molecule has 0 aromatic carbocycles. The van der Waals surface area contributed by atoms with Gasteiger partial charge in [0.05, 0.1) is 4.88 Å². The van der Waals surface area contributed by atoms with Gasteiger partial charge < -0.3 is 11.5 Å². The van der Waals surface area contributed by atoms with E-state index in [0.717, 1.165) is 15.3 Å². The Bertz CT molecular complexity index is 528. The average Bonchev–Trinajstić information content (AvgIpc) is 2.64. The van der Waals surface area contributed by atoms with Crippen LogP contribution in [0.1, 0.15) is 16.6 Å². The highest BCUT2D eigenvalue weighted by molar-refractivity contribution is 7.17. The molecular weight excluding hydrogens is 222 g/mol. The second kappa shape index (κ2) is 3.94. The number of Topliss-reactive ketones (excluding diaryl/α,β-unsaturated/α-hetero) is 1. The molecule has 0 bridgehead atoms. The van der Waals surface area contributed by atoms with Crippen molar-refractivity contribution < 1.29 is 4.79 Å². The SMILES string of the molecule is CC(=O)c1ccc(-c2cc(N)nc(N)c2)s1. The number of hydrogen-bond acceptors (Lipinski definition) is 5. The molecule has 4 N–H and O–H groups in total. The molecule has 2 aromatic rings. The zero-order valence-corrected chi connectivity index (χ0v) is 9.54. The number of carbonyl (C=O) groups excluding carboxylic acids is 1. The number of nitrogens with two attached hydrogens (primary N) is 2. The van der Waals surface area contributed by atoms with Gasteiger partial charge in [-0.1, -0.05) is 0 Å². The van der Waals surface area contributed by atoms with Crippen molar-refractivity contribution in [1.82, 2.24) is 4.98 Å². The largest absolute Gasteiger partial charge is 0.384 e. The third-order valence-electron chi connectivity index (χ3n) is 2.10. The molecule has 0 saturated heterocycles. The highest BCUT2D eigenvalue weighted by atomic mass is 32.1. The van der Waals surface area contributed by atoms with Crippen LogP contribution in [0.15, 0.2) is 24.3 Å². The molecule has 16 heavy (non-hydrogen) atoms. The van der Waals surface area contributed by atoms with Crippen molar-refractivity contribution in [3.05, 3.63) is 29.1 Å². The van der Waals surface area contributed by atoms with Crippen LogP contribution in [0.3, 0.4) is 0 Å². The van der Waals surface area contributed by atoms with E-state index in [1.54, 1.807) is 25.1 Å². The molecule has 0 radical (unpaired) electrons. The van der Waals surface area contributed by atoms with E-state index in [-0.39, 0.29) is 5.78 Å². The van der Waals surface area contributed by atoms with Gasteiger partial charge in [-0.25, -0.2) is 4.98 Å². The fraction of sp³-hybridized carbons (Fsp3) is 0.0909. The summed E-state index contributed by atoms with van der Waals surface area (Å²) in [5, 5.41) is 0. The molecule has 5 heteroatoms. The summed E-state index contributed by atoms with van der Waals surface area (Å²) in [5.74, 6) is 0.826. The van der Waals surface area contributed by atoms with Crippen LogP contribution in [0, 0.1) is 0 Å². The molecule has 2 heterocycles. The normalized spacial score (nSPS) is 10.3. The lowest BCUT2D eigenvalue weighted by molar-refractivity contribution is 0.102. The Hall–Kier alpha value is -1.88. The summed E-state index contributed by atoms with van der Waals surface area (Å²) >= 11 is 1.42. The zero-order valence-electron chi connectivity index (χ0n) is 8.73. The molecular formula is C11H11N3OS. The van der Waals surface area contributed by atoms with Gasteiger partial charge in [0.1, 0.15) is 11.6 Å². The summed E-state index contributed by atoms with van der Waals surface area (Å²) in [4.78, 5) is 16.8. The first kappa shape index (κ1) is 10.6. The summed E-state index contributed by atoms with van der Waals surface area (Å²) in [6.45, 7) is 1.55. The van der Waals surface area contributed by atoms with Gasteiger partial charge in [-0.05, 0) is 36.8 Å². The highest BCUT2D eigenvalue weighted by Gasteiger charge is 2.07. The van der Waals surface area contributed by atoms with Crippen molar-refractivity contribution in [1.29, 1.82) is 0 Å². The number of hydrogen-bond donors (Lipinski definition) is 2. The van der Waals surface area contributed by atoms with Crippen LogP contribution in [0.25, 0.3) is 10.4 Å². The van der Waals surface area contributed by atoms with E-state index in [0.29, 0.717) is 11.6 Å². The Labute approximate surface area is 96.9 Å². The molecule has 0 spiro atoms. The van der Waals surface area contributed by atoms with Gasteiger partial charge in [0.2, 0.25) is 0 Å². The van der Waals surface area contributed by atoms with Crippen LogP contribution in [0.2, 0.25) is 0 Å². The van der Waals surface area contributed by atoms with Crippen LogP contribution in [-0.4, -0.2) is 10.8 Å². The van der Waals surface area contributed by atoms with Crippen LogP contribution >= 0.6 is 11.3 Å². The Balaban J connectivity index is 2.46. The average molecular weight is 233 g/mol. The number of pyridine rings is 1. The van der Waals surface area contributed by atoms with Crippen LogP contribution < -0.4 is 11.5 Å². The summed E-state index contributed by atoms with van der Waals surface area (Å²) in [7, 11) is 0. The predicted octanol–water partition coefficient (Wildman–Crippen LogP) is 2.18. The Kier molecular flexibility index (Phi) is 2.62. The standard InChI is InChI=1S/C11H11N3OS/c1-6(15)8-2-3-9(16-8)7-4-10(12)14-11(13)5-7/h2-5H,1H3,(H4,12,13,14). The number of ketones is 1. The zero-order chi connectivity index (χ0) is 11.7. The first-order valence-corrected chi connectivity index (χ1v) is 5.52. The number of nitrogen functional groups attached to an aromatic ring is 2. The molecule has 2 rings (SSSR count). The fourth-order valence-electron chi connectivity index (χ4n) is 1.40. The van der Waals surface area contributed by atoms with Crippen molar-refractivity contribution in [2.75, 3.05) is 11.5 Å². The molecule has 0 fully saturated rings. The number of carbonyl (C=O) groups is 1. The van der Waals surface area contributed by atoms with Crippen molar-refractivity contribution in [2.45, 2.75) is 6.92 Å². The Morgan fingerprint density at radius 1 is 1.25 bits per heavy atom. The predicted molar refractivity (Wildman–Crippen MR) is 66.4 cm³/mol. The van der Waals surface area contributed by atoms with Gasteiger partial charge in [-0.15, -0.1) is 11.3 Å². The van der Waals surface area contributed by atoms with E-state index >= 15 is 0 Å². The van der Waals surface area contributed by atoms with E-state index in [2.05, 4.69) is 4.98 Å². The summed E-state index contributed by atoms with van der Waals surface area (Å²) < 4.78 is 0. The van der Waals surface area contributed by atoms with E-state index in [4.69, 9.17) is 11.5 Å². The Morgan fingerprint density at radius 3 is 2.38 bits per heavy atom. The number of aromatic nitrogens is 1. The van der Waals surface area contributed by atoms with Crippen molar-refractivity contribution >= 4 is 28.8 Å². The maximum Gasteiger partial charge on any atom is 0.169 e. The third-order valence-corrected chi connectivity index (χ3v) is 3.34. The first-order chi connectivity index (χ1) is 7.56. The molecule has 0 aliphatic carbocycles. The van der Waals surface area contributed by atoms with Gasteiger partial charge in [-0.2, -0.15) is 0 Å². The maximum atomic E-state index is 11.2. The van der Waals surface area contributed by atoms with Crippen molar-refractivity contribution in [3.8, 4) is 10.4 Å². The molecule has 0 aliphatic heterocycles. The molecule has 4 nitrogen and oxygen atoms in total. The smallest absolute Gasteiger partial charge is 0.169 e. The van der Waals surface area contributed by atoms with E-state index in [1.807, 2.05) is 6.07 Å². The second-order valence-electron chi connectivity index (χ2n) is 3.43. The quantitative estimate of drug-likeness (QED) is 0.779. The lowest BCUT2D eigenvalue weighted by Gasteiger charge is -2.00. The minimum atomic E-state index is 0.0613. The van der Waals surface area contributed by atoms with E-state index in [1.165, 1.54) is 11.3 Å². The summed E-state index contributed by atoms with van der Waals surface area (Å²) in [6, 6.07) is 7.17. The fourth-order valence-corrected chi connectivity index (χ4v) is 2.29. The second-order valence-corrected chi connectivity index (χ2v) is 4.51. The lowest BCUT2D eigenvalue weighted by Crippen LogP contribution is -1.95. The molecule has 0 unspecified atom stereocenters. The first-order valence-electron chi connectivity index (χ1n) is 4.70. The lowest BCUT2D eigenvalue weighted by atomic mass is 10.2. The van der Waals surface area contributed by atoms with E-state index < -0.39 is 0 Å². The molecule has 82 valence electrons. The van der Waals surface area contributed by atoms with Crippen LogP contribution in [-0.2, 0) is 0 Å². The van der Waals surface area contributed by atoms with E-state index in [9.17, 15) is 4.79 Å². The number of nitrogens with zero attached hydrogens (tertiary/aromatic N) is 1. The minimum absolute atomic E-state index is 0.0613. The monoisotopic (exact) mass is 233 g/mol. The molecule has 0 atom stereocenters. The highest BCUT2D eigenvalue weighted by Crippen LogP contribution is 2.30. The van der Waals surface area contributed by atoms with Crippen molar-refractivity contribution in [2.24, 2.45) is 0 Å². The molecule has 2 aromatic heterocycles. The number of thiophene rings is 1. The maximum absolute atomic E-state index is 11.2. The van der Waals surface area contributed by atoms with Gasteiger partial charge in [-0.3, -0.25) is 4.79 Å². The van der Waals surface area contributed by atoms with Crippen LogP contribution in [0.4, 0.5) is 11.6 Å². The third kappa shape index (κ3) is 2.04. The molecule has 0 amide bonds. The van der Waals surface area contributed by atoms with Crippen LogP contribution in [0.5, 0.6) is 0 Å². The number of rotatable bonds is 2. The van der Waals surface area contributed by atoms with Gasteiger partial charge in [0.25, 0.3) is 0 Å². The van der Waals surface area contributed by atoms with Gasteiger partial charge in [0, 0.05) is 4.88 Å². The van der Waals surface area contributed by atoms with Gasteiger partial charge in [0.15, 0.2) is 5.78 Å². The summed E-state index contributed by atoms with van der Waals surface area (Å²) in [5.41, 5.74) is 12.1. The molecule has 0 saturated carbocycles. The van der Waals surface area contributed by atoms with Crippen molar-refractivity contribution in [3.63, 3.8) is 0 Å². The van der Waals surface area contributed by atoms with Gasteiger partial charge >= 0.3 is 0 Å². The molecule has 0 aliphatic rings. The Morgan fingerprint density at radius 2 is 1.88 bits per heavy atom. The summed E-state index contributed by atoms with van der Waals surface area (Å²) in [6.07, 6.45) is 0. The number of anilines is 2. The topological polar surface area (TPSA) is 82.0 Å². The minimum Gasteiger partial charge on any atom is -0.384 e.